The molecule has 2 amide bonds. The molecular formula is C18H18N2O3S. The normalized spacial score (nSPS) is 15.9. The van der Waals surface area contributed by atoms with Gasteiger partial charge in [-0.2, -0.15) is 0 Å². The van der Waals surface area contributed by atoms with Gasteiger partial charge in [0, 0.05) is 22.8 Å². The lowest BCUT2D eigenvalue weighted by atomic mass is 10.2. The fourth-order valence-electron chi connectivity index (χ4n) is 2.29. The van der Waals surface area contributed by atoms with Crippen molar-refractivity contribution in [3.63, 3.8) is 0 Å². The molecule has 0 radical (unpaired) electrons. The van der Waals surface area contributed by atoms with Crippen molar-refractivity contribution < 1.29 is 14.3 Å². The first-order chi connectivity index (χ1) is 11.6. The second-order valence-corrected chi connectivity index (χ2v) is 6.59. The summed E-state index contributed by atoms with van der Waals surface area (Å²) < 4.78 is 5.49. The average molecular weight is 342 g/mol. The van der Waals surface area contributed by atoms with E-state index < -0.39 is 6.10 Å². The lowest BCUT2D eigenvalue weighted by Gasteiger charge is -2.23. The van der Waals surface area contributed by atoms with Crippen molar-refractivity contribution in [3.05, 3.63) is 48.5 Å². The van der Waals surface area contributed by atoms with Crippen LogP contribution in [0.1, 0.15) is 13.3 Å². The number of hydrogen-bond acceptors (Lipinski definition) is 4. The molecule has 24 heavy (non-hydrogen) atoms. The molecule has 0 fully saturated rings. The van der Waals surface area contributed by atoms with Crippen molar-refractivity contribution in [2.75, 3.05) is 16.4 Å². The van der Waals surface area contributed by atoms with Crippen LogP contribution < -0.4 is 15.4 Å². The fourth-order valence-corrected chi connectivity index (χ4v) is 3.16. The molecule has 0 spiro atoms. The Morgan fingerprint density at radius 3 is 2.83 bits per heavy atom. The van der Waals surface area contributed by atoms with E-state index in [0.717, 1.165) is 4.90 Å². The van der Waals surface area contributed by atoms with Gasteiger partial charge >= 0.3 is 0 Å². The van der Waals surface area contributed by atoms with Gasteiger partial charge in [0.15, 0.2) is 6.10 Å². The van der Waals surface area contributed by atoms with E-state index in [9.17, 15) is 9.59 Å². The maximum Gasteiger partial charge on any atom is 0.265 e. The SMILES string of the molecule is C[C@H]1Oc2ccc(NC(=O)CCSc3ccccc3)cc2NC1=O. The Bertz CT molecular complexity index is 749. The van der Waals surface area contributed by atoms with Crippen molar-refractivity contribution in [3.8, 4) is 5.75 Å². The van der Waals surface area contributed by atoms with E-state index in [-0.39, 0.29) is 11.8 Å². The van der Waals surface area contributed by atoms with Gasteiger partial charge in [0.1, 0.15) is 5.75 Å². The molecule has 2 aromatic carbocycles. The van der Waals surface area contributed by atoms with Crippen molar-refractivity contribution in [2.24, 2.45) is 0 Å². The minimum Gasteiger partial charge on any atom is -0.479 e. The van der Waals surface area contributed by atoms with Crippen molar-refractivity contribution in [1.82, 2.24) is 0 Å². The van der Waals surface area contributed by atoms with Gasteiger partial charge in [-0.25, -0.2) is 0 Å². The highest BCUT2D eigenvalue weighted by atomic mass is 32.2. The predicted molar refractivity (Wildman–Crippen MR) is 95.6 cm³/mol. The van der Waals surface area contributed by atoms with Gasteiger partial charge in [-0.05, 0) is 37.3 Å². The third-order valence-corrected chi connectivity index (χ3v) is 4.55. The van der Waals surface area contributed by atoms with Crippen LogP contribution in [0.4, 0.5) is 11.4 Å². The number of carbonyl (C=O) groups is 2. The number of benzene rings is 2. The number of ether oxygens (including phenoxy) is 1. The zero-order valence-electron chi connectivity index (χ0n) is 13.2. The van der Waals surface area contributed by atoms with Crippen LogP contribution in [0, 0.1) is 0 Å². The largest absolute Gasteiger partial charge is 0.479 e. The van der Waals surface area contributed by atoms with Crippen LogP contribution in [-0.4, -0.2) is 23.7 Å². The zero-order chi connectivity index (χ0) is 16.9. The highest BCUT2D eigenvalue weighted by molar-refractivity contribution is 7.99. The average Bonchev–Trinajstić information content (AvgIpc) is 2.57. The van der Waals surface area contributed by atoms with Gasteiger partial charge in [-0.1, -0.05) is 18.2 Å². The lowest BCUT2D eigenvalue weighted by molar-refractivity contribution is -0.122. The second kappa shape index (κ2) is 7.40. The quantitative estimate of drug-likeness (QED) is 0.816. The lowest BCUT2D eigenvalue weighted by Crippen LogP contribution is -2.34. The van der Waals surface area contributed by atoms with Crippen LogP contribution >= 0.6 is 11.8 Å². The van der Waals surface area contributed by atoms with E-state index in [1.807, 2.05) is 30.3 Å². The maximum atomic E-state index is 12.0. The summed E-state index contributed by atoms with van der Waals surface area (Å²) in [7, 11) is 0. The Kier molecular flexibility index (Phi) is 5.05. The number of rotatable bonds is 5. The third kappa shape index (κ3) is 4.08. The maximum absolute atomic E-state index is 12.0. The molecule has 3 rings (SSSR count). The highest BCUT2D eigenvalue weighted by Crippen LogP contribution is 2.32. The molecule has 2 N–H and O–H groups in total. The first kappa shape index (κ1) is 16.4. The minimum atomic E-state index is -0.507. The van der Waals surface area contributed by atoms with Gasteiger partial charge in [0.05, 0.1) is 5.69 Å². The minimum absolute atomic E-state index is 0.0604. The van der Waals surface area contributed by atoms with E-state index in [1.54, 1.807) is 36.9 Å². The van der Waals surface area contributed by atoms with Crippen molar-refractivity contribution in [1.29, 1.82) is 0 Å². The summed E-state index contributed by atoms with van der Waals surface area (Å²) in [4.78, 5) is 24.8. The molecular weight excluding hydrogens is 324 g/mol. The molecule has 1 heterocycles. The topological polar surface area (TPSA) is 67.4 Å². The van der Waals surface area contributed by atoms with Crippen LogP contribution in [0.15, 0.2) is 53.4 Å². The first-order valence-corrected chi connectivity index (χ1v) is 8.69. The molecule has 1 aliphatic heterocycles. The molecule has 6 heteroatoms. The Balaban J connectivity index is 1.53. The number of fused-ring (bicyclic) bond motifs is 1. The summed E-state index contributed by atoms with van der Waals surface area (Å²) in [6.07, 6.45) is -0.0933. The van der Waals surface area contributed by atoms with E-state index in [0.29, 0.717) is 29.3 Å². The van der Waals surface area contributed by atoms with E-state index in [4.69, 9.17) is 4.74 Å². The number of carbonyl (C=O) groups excluding carboxylic acids is 2. The standard InChI is InChI=1S/C18H18N2O3S/c1-12-18(22)20-15-11-13(7-8-16(15)23-12)19-17(21)9-10-24-14-5-3-2-4-6-14/h2-8,11-12H,9-10H2,1H3,(H,19,21)(H,20,22)/t12-/m1/s1. The highest BCUT2D eigenvalue weighted by Gasteiger charge is 2.23. The second-order valence-electron chi connectivity index (χ2n) is 5.42. The molecule has 0 saturated heterocycles. The molecule has 0 saturated carbocycles. The third-order valence-electron chi connectivity index (χ3n) is 3.54. The predicted octanol–water partition coefficient (Wildman–Crippen LogP) is 3.53. The van der Waals surface area contributed by atoms with Crippen molar-refractivity contribution >= 4 is 35.0 Å². The van der Waals surface area contributed by atoms with Crippen LogP contribution in [0.2, 0.25) is 0 Å². The van der Waals surface area contributed by atoms with E-state index >= 15 is 0 Å². The van der Waals surface area contributed by atoms with Gasteiger partial charge in [0.25, 0.3) is 5.91 Å². The first-order valence-electron chi connectivity index (χ1n) is 7.71. The molecule has 1 aliphatic rings. The van der Waals surface area contributed by atoms with Gasteiger partial charge in [0.2, 0.25) is 5.91 Å². The fraction of sp³-hybridized carbons (Fsp3) is 0.222. The molecule has 5 nitrogen and oxygen atoms in total. The molecule has 0 aromatic heterocycles. The van der Waals surface area contributed by atoms with Crippen LogP contribution in [-0.2, 0) is 9.59 Å². The number of thioether (sulfide) groups is 1. The van der Waals surface area contributed by atoms with E-state index in [2.05, 4.69) is 10.6 Å². The monoisotopic (exact) mass is 342 g/mol. The Morgan fingerprint density at radius 2 is 2.04 bits per heavy atom. The molecule has 0 unspecified atom stereocenters. The number of anilines is 2. The zero-order valence-corrected chi connectivity index (χ0v) is 14.1. The Hall–Kier alpha value is -2.47. The Labute approximate surface area is 144 Å². The summed E-state index contributed by atoms with van der Waals surface area (Å²) >= 11 is 1.64. The summed E-state index contributed by atoms with van der Waals surface area (Å²) in [5.41, 5.74) is 1.22. The van der Waals surface area contributed by atoms with Gasteiger partial charge in [-0.15, -0.1) is 11.8 Å². The Morgan fingerprint density at radius 1 is 1.25 bits per heavy atom. The smallest absolute Gasteiger partial charge is 0.265 e. The van der Waals surface area contributed by atoms with E-state index in [1.165, 1.54) is 0 Å². The number of hydrogen-bond donors (Lipinski definition) is 2. The molecule has 0 bridgehead atoms. The summed E-state index contributed by atoms with van der Waals surface area (Å²) in [6, 6.07) is 15.2. The van der Waals surface area contributed by atoms with Crippen LogP contribution in [0.3, 0.4) is 0 Å². The van der Waals surface area contributed by atoms with Crippen LogP contribution in [0.25, 0.3) is 0 Å². The molecule has 1 atom stereocenters. The summed E-state index contributed by atoms with van der Waals surface area (Å²) in [5.74, 6) is 1.07. The molecule has 0 aliphatic carbocycles. The van der Waals surface area contributed by atoms with Gasteiger partial charge < -0.3 is 15.4 Å². The van der Waals surface area contributed by atoms with Gasteiger partial charge in [-0.3, -0.25) is 9.59 Å². The molecule has 2 aromatic rings. The number of nitrogens with one attached hydrogen (secondary N) is 2. The van der Waals surface area contributed by atoms with Crippen LogP contribution in [0.5, 0.6) is 5.75 Å². The number of amides is 2. The summed E-state index contributed by atoms with van der Waals surface area (Å²) in [5, 5.41) is 5.61. The molecule has 124 valence electrons. The van der Waals surface area contributed by atoms with Crippen molar-refractivity contribution in [2.45, 2.75) is 24.3 Å². The summed E-state index contributed by atoms with van der Waals surface area (Å²) in [6.45, 7) is 1.69.